The molecule has 0 saturated heterocycles. The summed E-state index contributed by atoms with van der Waals surface area (Å²) < 4.78 is 0. The fourth-order valence-corrected chi connectivity index (χ4v) is 2.02. The molecule has 74 valence electrons. The number of benzene rings is 1. The molecule has 14 heavy (non-hydrogen) atoms. The van der Waals surface area contributed by atoms with Crippen LogP contribution in [-0.2, 0) is 13.0 Å². The first-order valence-electron chi connectivity index (χ1n) is 4.84. The van der Waals surface area contributed by atoms with Crippen molar-refractivity contribution in [1.82, 2.24) is 4.90 Å². The Morgan fingerprint density at radius 2 is 2.14 bits per heavy atom. The Kier molecular flexibility index (Phi) is 2.59. The predicted octanol–water partition coefficient (Wildman–Crippen LogP) is -0.646. The normalized spacial score (nSPS) is 16.5. The maximum absolute atomic E-state index is 9.19. The van der Waals surface area contributed by atoms with E-state index in [1.165, 1.54) is 5.56 Å². The van der Waals surface area contributed by atoms with Crippen LogP contribution >= 0.6 is 0 Å². The highest BCUT2D eigenvalue weighted by Crippen LogP contribution is 2.15. The Morgan fingerprint density at radius 1 is 1.36 bits per heavy atom. The molecule has 0 bridgehead atoms. The summed E-state index contributed by atoms with van der Waals surface area (Å²) in [7, 11) is 0.735. The van der Waals surface area contributed by atoms with Crippen LogP contribution in [0.4, 0.5) is 0 Å². The van der Waals surface area contributed by atoms with Gasteiger partial charge in [0.15, 0.2) is 0 Å². The third kappa shape index (κ3) is 1.69. The van der Waals surface area contributed by atoms with Crippen molar-refractivity contribution >= 4 is 12.6 Å². The summed E-state index contributed by atoms with van der Waals surface area (Å²) in [5, 5.41) is 18.4. The standard InChI is InChI=1S/C10H14BNO2/c1-12-6-5-9-8(7-12)3-2-4-10(9)11(13)14/h2-4,13-14H,5-7H2,1H3. The van der Waals surface area contributed by atoms with Crippen LogP contribution in [0.3, 0.4) is 0 Å². The molecule has 1 aliphatic heterocycles. The number of likely N-dealkylation sites (N-methyl/N-ethyl adjacent to an activating group) is 1. The minimum atomic E-state index is -1.34. The van der Waals surface area contributed by atoms with Gasteiger partial charge in [0.2, 0.25) is 0 Å². The Hall–Kier alpha value is -0.835. The van der Waals surface area contributed by atoms with Gasteiger partial charge in [0, 0.05) is 13.1 Å². The second kappa shape index (κ2) is 3.73. The van der Waals surface area contributed by atoms with Gasteiger partial charge >= 0.3 is 7.12 Å². The molecule has 1 aliphatic rings. The van der Waals surface area contributed by atoms with Crippen LogP contribution in [0, 0.1) is 0 Å². The molecule has 0 amide bonds. The quantitative estimate of drug-likeness (QED) is 0.580. The minimum Gasteiger partial charge on any atom is -0.423 e. The van der Waals surface area contributed by atoms with Gasteiger partial charge in [-0.1, -0.05) is 18.2 Å². The van der Waals surface area contributed by atoms with E-state index in [0.29, 0.717) is 5.46 Å². The zero-order chi connectivity index (χ0) is 10.1. The van der Waals surface area contributed by atoms with Crippen molar-refractivity contribution in [2.45, 2.75) is 13.0 Å². The Bertz CT molecular complexity index is 341. The maximum Gasteiger partial charge on any atom is 0.488 e. The summed E-state index contributed by atoms with van der Waals surface area (Å²) in [6.45, 7) is 1.88. The summed E-state index contributed by atoms with van der Waals surface area (Å²) in [6, 6.07) is 5.72. The second-order valence-electron chi connectivity index (χ2n) is 3.85. The van der Waals surface area contributed by atoms with E-state index in [1.54, 1.807) is 6.07 Å². The Balaban J connectivity index is 2.41. The highest BCUT2D eigenvalue weighted by Gasteiger charge is 2.21. The Morgan fingerprint density at radius 3 is 2.86 bits per heavy atom. The summed E-state index contributed by atoms with van der Waals surface area (Å²) in [5.41, 5.74) is 2.99. The van der Waals surface area contributed by atoms with E-state index in [2.05, 4.69) is 18.0 Å². The largest absolute Gasteiger partial charge is 0.488 e. The molecule has 0 aliphatic carbocycles. The fraction of sp³-hybridized carbons (Fsp3) is 0.400. The molecule has 3 nitrogen and oxygen atoms in total. The monoisotopic (exact) mass is 191 g/mol. The number of fused-ring (bicyclic) bond motifs is 1. The van der Waals surface area contributed by atoms with Gasteiger partial charge in [0.1, 0.15) is 0 Å². The van der Waals surface area contributed by atoms with Gasteiger partial charge < -0.3 is 14.9 Å². The molecule has 0 radical (unpaired) electrons. The zero-order valence-electron chi connectivity index (χ0n) is 8.27. The molecule has 0 fully saturated rings. The average molecular weight is 191 g/mol. The molecule has 0 atom stereocenters. The summed E-state index contributed by atoms with van der Waals surface area (Å²) in [5.74, 6) is 0. The van der Waals surface area contributed by atoms with Crippen LogP contribution in [0.5, 0.6) is 0 Å². The Labute approximate surface area is 84.1 Å². The number of nitrogens with zero attached hydrogens (tertiary/aromatic N) is 1. The fourth-order valence-electron chi connectivity index (χ4n) is 2.02. The van der Waals surface area contributed by atoms with Crippen LogP contribution in [0.15, 0.2) is 18.2 Å². The summed E-state index contributed by atoms with van der Waals surface area (Å²) in [4.78, 5) is 2.23. The lowest BCUT2D eigenvalue weighted by atomic mass is 9.74. The van der Waals surface area contributed by atoms with Crippen molar-refractivity contribution in [2.24, 2.45) is 0 Å². The molecule has 4 heteroatoms. The highest BCUT2D eigenvalue weighted by molar-refractivity contribution is 6.59. The van der Waals surface area contributed by atoms with E-state index in [0.717, 1.165) is 25.1 Å². The molecular weight excluding hydrogens is 177 g/mol. The molecular formula is C10H14BNO2. The van der Waals surface area contributed by atoms with Crippen LogP contribution in [0.2, 0.25) is 0 Å². The third-order valence-corrected chi connectivity index (χ3v) is 2.77. The first-order valence-corrected chi connectivity index (χ1v) is 4.84. The number of hydrogen-bond donors (Lipinski definition) is 2. The molecule has 0 aromatic heterocycles. The van der Waals surface area contributed by atoms with E-state index in [1.807, 2.05) is 6.07 Å². The molecule has 0 saturated carbocycles. The van der Waals surface area contributed by atoms with E-state index in [-0.39, 0.29) is 0 Å². The van der Waals surface area contributed by atoms with E-state index >= 15 is 0 Å². The lowest BCUT2D eigenvalue weighted by molar-refractivity contribution is 0.313. The summed E-state index contributed by atoms with van der Waals surface area (Å²) >= 11 is 0. The van der Waals surface area contributed by atoms with Crippen LogP contribution in [-0.4, -0.2) is 35.7 Å². The molecule has 1 aromatic rings. The zero-order valence-corrected chi connectivity index (χ0v) is 8.27. The molecule has 0 spiro atoms. The topological polar surface area (TPSA) is 43.7 Å². The van der Waals surface area contributed by atoms with Gasteiger partial charge in [-0.25, -0.2) is 0 Å². The summed E-state index contributed by atoms with van der Waals surface area (Å²) in [6.07, 6.45) is 0.902. The van der Waals surface area contributed by atoms with Crippen LogP contribution < -0.4 is 5.46 Å². The molecule has 2 N–H and O–H groups in total. The van der Waals surface area contributed by atoms with E-state index in [4.69, 9.17) is 0 Å². The molecule has 1 aromatic carbocycles. The van der Waals surface area contributed by atoms with Crippen molar-refractivity contribution < 1.29 is 10.0 Å². The van der Waals surface area contributed by atoms with Crippen LogP contribution in [0.1, 0.15) is 11.1 Å². The van der Waals surface area contributed by atoms with E-state index < -0.39 is 7.12 Å². The van der Waals surface area contributed by atoms with Gasteiger partial charge in [-0.15, -0.1) is 0 Å². The molecule has 1 heterocycles. The second-order valence-corrected chi connectivity index (χ2v) is 3.85. The van der Waals surface area contributed by atoms with Gasteiger partial charge in [-0.3, -0.25) is 0 Å². The lowest BCUT2D eigenvalue weighted by Crippen LogP contribution is -2.38. The van der Waals surface area contributed by atoms with Crippen LogP contribution in [0.25, 0.3) is 0 Å². The average Bonchev–Trinajstić information content (AvgIpc) is 2.16. The van der Waals surface area contributed by atoms with Gasteiger partial charge in [0.25, 0.3) is 0 Å². The van der Waals surface area contributed by atoms with Crippen molar-refractivity contribution in [2.75, 3.05) is 13.6 Å². The SMILES string of the molecule is CN1CCc2c(cccc2B(O)O)C1. The third-order valence-electron chi connectivity index (χ3n) is 2.77. The lowest BCUT2D eigenvalue weighted by Gasteiger charge is -2.26. The van der Waals surface area contributed by atoms with Crippen molar-refractivity contribution in [3.8, 4) is 0 Å². The molecule has 0 unspecified atom stereocenters. The van der Waals surface area contributed by atoms with Gasteiger partial charge in [-0.05, 0) is 30.1 Å². The first-order chi connectivity index (χ1) is 6.68. The minimum absolute atomic E-state index is 0.663. The smallest absolute Gasteiger partial charge is 0.423 e. The highest BCUT2D eigenvalue weighted by atomic mass is 16.4. The predicted molar refractivity (Wildman–Crippen MR) is 56.3 cm³/mol. The first kappa shape index (κ1) is 9.71. The van der Waals surface area contributed by atoms with Crippen molar-refractivity contribution in [1.29, 1.82) is 0 Å². The maximum atomic E-state index is 9.19. The molecule has 2 rings (SSSR count). The van der Waals surface area contributed by atoms with E-state index in [9.17, 15) is 10.0 Å². The number of rotatable bonds is 1. The van der Waals surface area contributed by atoms with Gasteiger partial charge in [-0.2, -0.15) is 0 Å². The van der Waals surface area contributed by atoms with Gasteiger partial charge in [0.05, 0.1) is 0 Å². The van der Waals surface area contributed by atoms with Crippen molar-refractivity contribution in [3.05, 3.63) is 29.3 Å². The van der Waals surface area contributed by atoms with Crippen molar-refractivity contribution in [3.63, 3.8) is 0 Å². The number of hydrogen-bond acceptors (Lipinski definition) is 3.